The Bertz CT molecular complexity index is 259. The highest BCUT2D eigenvalue weighted by molar-refractivity contribution is 14.0. The van der Waals surface area contributed by atoms with Crippen molar-refractivity contribution in [3.05, 3.63) is 0 Å². The van der Waals surface area contributed by atoms with Crippen molar-refractivity contribution in [1.82, 2.24) is 10.6 Å². The molecular weight excluding hydrogens is 381 g/mol. The average Bonchev–Trinajstić information content (AvgIpc) is 2.96. The van der Waals surface area contributed by atoms with Crippen LogP contribution in [-0.2, 0) is 9.47 Å². The lowest BCUT2D eigenvalue weighted by Gasteiger charge is -2.12. The summed E-state index contributed by atoms with van der Waals surface area (Å²) in [6, 6.07) is 0. The van der Waals surface area contributed by atoms with Gasteiger partial charge in [-0.1, -0.05) is 12.8 Å². The van der Waals surface area contributed by atoms with E-state index < -0.39 is 0 Å². The summed E-state index contributed by atoms with van der Waals surface area (Å²) in [5.41, 5.74) is 0. The van der Waals surface area contributed by atoms with E-state index in [2.05, 4.69) is 22.5 Å². The predicted octanol–water partition coefficient (Wildman–Crippen LogP) is 2.55. The van der Waals surface area contributed by atoms with Crippen LogP contribution in [0.5, 0.6) is 0 Å². The van der Waals surface area contributed by atoms with Crippen molar-refractivity contribution in [2.45, 2.75) is 52.1 Å². The van der Waals surface area contributed by atoms with Crippen molar-refractivity contribution >= 4 is 29.9 Å². The highest BCUT2D eigenvalue weighted by atomic mass is 127. The zero-order valence-electron chi connectivity index (χ0n) is 13.5. The molecule has 0 spiro atoms. The topological polar surface area (TPSA) is 54.9 Å². The number of nitrogens with zero attached hydrogens (tertiary/aromatic N) is 1. The van der Waals surface area contributed by atoms with Crippen molar-refractivity contribution in [2.75, 3.05) is 39.5 Å². The molecule has 1 aliphatic carbocycles. The van der Waals surface area contributed by atoms with E-state index >= 15 is 0 Å². The Hall–Kier alpha value is -0.0800. The summed E-state index contributed by atoms with van der Waals surface area (Å²) in [5.74, 6) is 0.869. The van der Waals surface area contributed by atoms with Gasteiger partial charge in [-0.05, 0) is 33.1 Å². The maximum Gasteiger partial charge on any atom is 0.191 e. The number of hydrogen-bond acceptors (Lipinski definition) is 3. The molecule has 6 heteroatoms. The summed E-state index contributed by atoms with van der Waals surface area (Å²) < 4.78 is 11.1. The van der Waals surface area contributed by atoms with Crippen LogP contribution < -0.4 is 10.6 Å². The number of rotatable bonds is 10. The van der Waals surface area contributed by atoms with Crippen LogP contribution in [0.3, 0.4) is 0 Å². The van der Waals surface area contributed by atoms with Crippen LogP contribution in [0.4, 0.5) is 0 Å². The van der Waals surface area contributed by atoms with E-state index in [1.807, 2.05) is 6.92 Å². The maximum atomic E-state index is 5.83. The van der Waals surface area contributed by atoms with Crippen molar-refractivity contribution in [3.63, 3.8) is 0 Å². The van der Waals surface area contributed by atoms with E-state index in [0.29, 0.717) is 12.7 Å². The van der Waals surface area contributed by atoms with Crippen LogP contribution >= 0.6 is 24.0 Å². The summed E-state index contributed by atoms with van der Waals surface area (Å²) in [5, 5.41) is 6.49. The number of ether oxygens (including phenoxy) is 2. The first-order valence-electron chi connectivity index (χ1n) is 8.08. The Morgan fingerprint density at radius 3 is 2.57 bits per heavy atom. The molecule has 0 saturated heterocycles. The molecule has 0 aromatic rings. The third-order valence-corrected chi connectivity index (χ3v) is 3.32. The van der Waals surface area contributed by atoms with E-state index in [-0.39, 0.29) is 24.0 Å². The number of guanidine groups is 1. The molecule has 1 fully saturated rings. The van der Waals surface area contributed by atoms with E-state index in [4.69, 9.17) is 9.47 Å². The van der Waals surface area contributed by atoms with Crippen LogP contribution in [-0.4, -0.2) is 51.5 Å². The molecule has 21 heavy (non-hydrogen) atoms. The molecule has 1 saturated carbocycles. The third-order valence-electron chi connectivity index (χ3n) is 3.32. The highest BCUT2D eigenvalue weighted by Gasteiger charge is 2.14. The fourth-order valence-corrected chi connectivity index (χ4v) is 2.29. The largest absolute Gasteiger partial charge is 0.380 e. The van der Waals surface area contributed by atoms with Crippen LogP contribution in [0.1, 0.15) is 46.0 Å². The first-order chi connectivity index (χ1) is 9.86. The Kier molecular flexibility index (Phi) is 14.8. The molecule has 0 atom stereocenters. The molecule has 1 aliphatic rings. The van der Waals surface area contributed by atoms with E-state index in [1.165, 1.54) is 25.7 Å². The minimum atomic E-state index is 0. The smallest absolute Gasteiger partial charge is 0.191 e. The summed E-state index contributed by atoms with van der Waals surface area (Å²) in [4.78, 5) is 4.53. The lowest BCUT2D eigenvalue weighted by Crippen LogP contribution is -2.39. The van der Waals surface area contributed by atoms with Gasteiger partial charge in [0, 0.05) is 32.8 Å². The van der Waals surface area contributed by atoms with E-state index in [9.17, 15) is 0 Å². The van der Waals surface area contributed by atoms with Gasteiger partial charge in [0.1, 0.15) is 0 Å². The standard InChI is InChI=1S/C15H31N3O2.HI/c1-3-16-15(18-11-13-19-4-2)17-10-7-12-20-14-8-5-6-9-14;/h14H,3-13H2,1-2H3,(H2,16,17,18);1H. The molecule has 0 aromatic carbocycles. The molecule has 2 N–H and O–H groups in total. The van der Waals surface area contributed by atoms with Gasteiger partial charge in [-0.3, -0.25) is 4.99 Å². The second kappa shape index (κ2) is 14.8. The fraction of sp³-hybridized carbons (Fsp3) is 0.933. The average molecular weight is 413 g/mol. The summed E-state index contributed by atoms with van der Waals surface area (Å²) >= 11 is 0. The molecule has 0 radical (unpaired) electrons. The lowest BCUT2D eigenvalue weighted by molar-refractivity contribution is 0.0579. The quantitative estimate of drug-likeness (QED) is 0.250. The zero-order chi connectivity index (χ0) is 14.5. The van der Waals surface area contributed by atoms with Crippen molar-refractivity contribution in [1.29, 1.82) is 0 Å². The van der Waals surface area contributed by atoms with Gasteiger partial charge in [-0.25, -0.2) is 0 Å². The van der Waals surface area contributed by atoms with Gasteiger partial charge >= 0.3 is 0 Å². The van der Waals surface area contributed by atoms with Gasteiger partial charge in [-0.2, -0.15) is 0 Å². The molecule has 0 bridgehead atoms. The number of nitrogens with one attached hydrogen (secondary N) is 2. The molecule has 0 unspecified atom stereocenters. The van der Waals surface area contributed by atoms with Gasteiger partial charge in [-0.15, -0.1) is 24.0 Å². The summed E-state index contributed by atoms with van der Waals surface area (Å²) in [7, 11) is 0. The Morgan fingerprint density at radius 2 is 1.90 bits per heavy atom. The molecule has 0 aromatic heterocycles. The molecular formula is C15H32IN3O2. The molecule has 0 aliphatic heterocycles. The summed E-state index contributed by atoms with van der Waals surface area (Å²) in [6.45, 7) is 8.84. The van der Waals surface area contributed by atoms with Crippen LogP contribution in [0.25, 0.3) is 0 Å². The minimum absolute atomic E-state index is 0. The molecule has 0 heterocycles. The third kappa shape index (κ3) is 11.2. The molecule has 5 nitrogen and oxygen atoms in total. The number of halogens is 1. The van der Waals surface area contributed by atoms with Crippen molar-refractivity contribution in [3.8, 4) is 0 Å². The second-order valence-electron chi connectivity index (χ2n) is 5.02. The normalized spacial score (nSPS) is 15.8. The Labute approximate surface area is 146 Å². The first-order valence-corrected chi connectivity index (χ1v) is 8.08. The highest BCUT2D eigenvalue weighted by Crippen LogP contribution is 2.20. The van der Waals surface area contributed by atoms with Gasteiger partial charge in [0.15, 0.2) is 5.96 Å². The minimum Gasteiger partial charge on any atom is -0.380 e. The number of aliphatic imine (C=N–C) groups is 1. The SMILES string of the molecule is CCNC(=NCCCOC1CCCC1)NCCOCC.I. The van der Waals surface area contributed by atoms with Crippen molar-refractivity contribution in [2.24, 2.45) is 4.99 Å². The lowest BCUT2D eigenvalue weighted by atomic mass is 10.3. The van der Waals surface area contributed by atoms with Gasteiger partial charge < -0.3 is 20.1 Å². The van der Waals surface area contributed by atoms with E-state index in [0.717, 1.165) is 45.2 Å². The molecule has 0 amide bonds. The van der Waals surface area contributed by atoms with E-state index in [1.54, 1.807) is 0 Å². The van der Waals surface area contributed by atoms with Crippen LogP contribution in [0, 0.1) is 0 Å². The number of hydrogen-bond donors (Lipinski definition) is 2. The predicted molar refractivity (Wildman–Crippen MR) is 98.7 cm³/mol. The van der Waals surface area contributed by atoms with Crippen molar-refractivity contribution < 1.29 is 9.47 Å². The first kappa shape index (κ1) is 20.9. The molecule has 1 rings (SSSR count). The van der Waals surface area contributed by atoms with Crippen LogP contribution in [0.2, 0.25) is 0 Å². The fourth-order valence-electron chi connectivity index (χ4n) is 2.29. The van der Waals surface area contributed by atoms with Gasteiger partial charge in [0.2, 0.25) is 0 Å². The maximum absolute atomic E-state index is 5.83. The second-order valence-corrected chi connectivity index (χ2v) is 5.02. The van der Waals surface area contributed by atoms with Crippen LogP contribution in [0.15, 0.2) is 4.99 Å². The Balaban J connectivity index is 0.00000400. The monoisotopic (exact) mass is 413 g/mol. The van der Waals surface area contributed by atoms with Gasteiger partial charge in [0.25, 0.3) is 0 Å². The summed E-state index contributed by atoms with van der Waals surface area (Å²) in [6.07, 6.45) is 6.64. The zero-order valence-corrected chi connectivity index (χ0v) is 15.9. The Morgan fingerprint density at radius 1 is 1.14 bits per heavy atom. The molecule has 126 valence electrons. The van der Waals surface area contributed by atoms with Gasteiger partial charge in [0.05, 0.1) is 12.7 Å².